The van der Waals surface area contributed by atoms with Gasteiger partial charge in [0.05, 0.1) is 25.5 Å². The number of halogens is 4. The van der Waals surface area contributed by atoms with E-state index in [9.17, 15) is 21.6 Å². The van der Waals surface area contributed by atoms with Gasteiger partial charge in [0, 0.05) is 29.2 Å². The molecule has 0 radical (unpaired) electrons. The van der Waals surface area contributed by atoms with Crippen LogP contribution in [-0.2, 0) is 46.3 Å². The van der Waals surface area contributed by atoms with Crippen molar-refractivity contribution < 1.29 is 26.3 Å². The molecule has 0 saturated carbocycles. The number of alkyl halides is 3. The highest BCUT2D eigenvalue weighted by molar-refractivity contribution is 7.88. The summed E-state index contributed by atoms with van der Waals surface area (Å²) in [6.07, 6.45) is -4.28. The number of rotatable bonds is 6. The zero-order valence-electron chi connectivity index (χ0n) is 14.1. The van der Waals surface area contributed by atoms with Crippen LogP contribution in [0.15, 0.2) is 24.3 Å². The van der Waals surface area contributed by atoms with Crippen LogP contribution in [-0.4, -0.2) is 31.3 Å². The first-order chi connectivity index (χ1) is 12.7. The second kappa shape index (κ2) is 7.78. The predicted molar refractivity (Wildman–Crippen MR) is 92.7 cm³/mol. The third-order valence-corrected chi connectivity index (χ3v) is 5.69. The minimum absolute atomic E-state index is 0.00173. The highest BCUT2D eigenvalue weighted by Gasteiger charge is 2.39. The molecule has 148 valence electrons. The Balaban J connectivity index is 1.66. The standard InChI is InChI=1S/C16H17ClF3N3O3S/c17-12-3-1-11(2-4-12)10-27(24,25)21-6-7-23-14-5-8-26-9-13(14)15(22-23)16(18,19)20/h1-4,21H,5-10H2. The number of ether oxygens (including phenoxy) is 1. The Hall–Kier alpha value is -1.62. The van der Waals surface area contributed by atoms with Crippen molar-refractivity contribution >= 4 is 21.6 Å². The molecule has 0 spiro atoms. The van der Waals surface area contributed by atoms with Crippen LogP contribution in [0.2, 0.25) is 5.02 Å². The molecule has 0 fully saturated rings. The van der Waals surface area contributed by atoms with Crippen molar-refractivity contribution in [3.05, 3.63) is 51.8 Å². The SMILES string of the molecule is O=S(=O)(Cc1ccc(Cl)cc1)NCCn1nc(C(F)(F)F)c2c1CCOC2. The number of benzene rings is 1. The quantitative estimate of drug-likeness (QED) is 0.775. The second-order valence-corrected chi connectivity index (χ2v) is 8.32. The fourth-order valence-electron chi connectivity index (χ4n) is 2.88. The molecule has 1 aromatic heterocycles. The van der Waals surface area contributed by atoms with Crippen molar-refractivity contribution in [2.24, 2.45) is 0 Å². The van der Waals surface area contributed by atoms with Crippen molar-refractivity contribution in [1.29, 1.82) is 0 Å². The molecule has 0 bridgehead atoms. The van der Waals surface area contributed by atoms with Crippen molar-refractivity contribution in [1.82, 2.24) is 14.5 Å². The Morgan fingerprint density at radius 3 is 2.63 bits per heavy atom. The zero-order valence-corrected chi connectivity index (χ0v) is 15.7. The van der Waals surface area contributed by atoms with Gasteiger partial charge in [0.25, 0.3) is 0 Å². The molecule has 1 aliphatic rings. The first kappa shape index (κ1) is 20.1. The summed E-state index contributed by atoms with van der Waals surface area (Å²) in [6.45, 7) is 0.0885. The summed E-state index contributed by atoms with van der Waals surface area (Å²) in [5.41, 5.74) is 0.0457. The first-order valence-corrected chi connectivity index (χ1v) is 10.1. The first-order valence-electron chi connectivity index (χ1n) is 8.11. The van der Waals surface area contributed by atoms with E-state index in [4.69, 9.17) is 16.3 Å². The minimum atomic E-state index is -4.58. The van der Waals surface area contributed by atoms with E-state index in [1.807, 2.05) is 0 Å². The average molecular weight is 424 g/mol. The fraction of sp³-hybridized carbons (Fsp3) is 0.438. The molecule has 1 N–H and O–H groups in total. The average Bonchev–Trinajstić information content (AvgIpc) is 2.96. The van der Waals surface area contributed by atoms with Gasteiger partial charge in [-0.1, -0.05) is 23.7 Å². The number of hydrogen-bond acceptors (Lipinski definition) is 4. The smallest absolute Gasteiger partial charge is 0.376 e. The summed E-state index contributed by atoms with van der Waals surface area (Å²) in [7, 11) is -3.64. The second-order valence-electron chi connectivity index (χ2n) is 6.08. The topological polar surface area (TPSA) is 73.2 Å². The lowest BCUT2D eigenvalue weighted by Crippen LogP contribution is -2.29. The van der Waals surface area contributed by atoms with E-state index in [-0.39, 0.29) is 31.0 Å². The van der Waals surface area contributed by atoms with Crippen LogP contribution in [0.1, 0.15) is 22.5 Å². The predicted octanol–water partition coefficient (Wildman–Crippen LogP) is 2.75. The summed E-state index contributed by atoms with van der Waals surface area (Å²) in [4.78, 5) is 0. The van der Waals surface area contributed by atoms with Crippen LogP contribution in [0.3, 0.4) is 0 Å². The highest BCUT2D eigenvalue weighted by Crippen LogP contribution is 2.34. The summed E-state index contributed by atoms with van der Waals surface area (Å²) < 4.78 is 72.4. The number of aromatic nitrogens is 2. The largest absolute Gasteiger partial charge is 0.435 e. The Labute approximate surface area is 159 Å². The molecule has 1 aliphatic heterocycles. The molecule has 11 heteroatoms. The van der Waals surface area contributed by atoms with Gasteiger partial charge in [-0.05, 0) is 17.7 Å². The maximum absolute atomic E-state index is 13.1. The third-order valence-electron chi connectivity index (χ3n) is 4.08. The van der Waals surface area contributed by atoms with E-state index in [1.54, 1.807) is 24.3 Å². The van der Waals surface area contributed by atoms with Gasteiger partial charge in [0.15, 0.2) is 5.69 Å². The van der Waals surface area contributed by atoms with Crippen molar-refractivity contribution in [2.75, 3.05) is 13.2 Å². The van der Waals surface area contributed by atoms with Crippen LogP contribution >= 0.6 is 11.6 Å². The number of fused-ring (bicyclic) bond motifs is 1. The van der Waals surface area contributed by atoms with Crippen molar-refractivity contribution in [2.45, 2.75) is 31.5 Å². The van der Waals surface area contributed by atoms with E-state index >= 15 is 0 Å². The Morgan fingerprint density at radius 1 is 1.26 bits per heavy atom. The summed E-state index contributed by atoms with van der Waals surface area (Å²) in [5.74, 6) is -0.247. The van der Waals surface area contributed by atoms with Gasteiger partial charge in [-0.3, -0.25) is 4.68 Å². The monoisotopic (exact) mass is 423 g/mol. The minimum Gasteiger partial charge on any atom is -0.376 e. The Bertz CT molecular complexity index is 911. The van der Waals surface area contributed by atoms with Gasteiger partial charge in [0.1, 0.15) is 0 Å². The fourth-order valence-corrected chi connectivity index (χ4v) is 4.14. The molecular formula is C16H17ClF3N3O3S. The molecule has 6 nitrogen and oxygen atoms in total. The Morgan fingerprint density at radius 2 is 1.96 bits per heavy atom. The van der Waals surface area contributed by atoms with Gasteiger partial charge in [0.2, 0.25) is 10.0 Å². The lowest BCUT2D eigenvalue weighted by molar-refractivity contribution is -0.142. The number of nitrogens with zero attached hydrogens (tertiary/aromatic N) is 2. The van der Waals surface area contributed by atoms with E-state index in [0.717, 1.165) is 0 Å². The van der Waals surface area contributed by atoms with Gasteiger partial charge in [-0.25, -0.2) is 13.1 Å². The number of hydrogen-bond donors (Lipinski definition) is 1. The van der Waals surface area contributed by atoms with Crippen LogP contribution in [0.4, 0.5) is 13.2 Å². The zero-order chi connectivity index (χ0) is 19.7. The molecule has 0 atom stereocenters. The van der Waals surface area contributed by atoms with E-state index in [1.165, 1.54) is 4.68 Å². The molecule has 0 saturated heterocycles. The molecule has 3 rings (SSSR count). The van der Waals surface area contributed by atoms with Crippen LogP contribution < -0.4 is 4.72 Å². The van der Waals surface area contributed by atoms with Crippen molar-refractivity contribution in [3.8, 4) is 0 Å². The molecule has 1 aromatic carbocycles. The third kappa shape index (κ3) is 5.01. The van der Waals surface area contributed by atoms with Crippen LogP contribution in [0, 0.1) is 0 Å². The summed E-state index contributed by atoms with van der Waals surface area (Å²) >= 11 is 5.76. The maximum atomic E-state index is 13.1. The summed E-state index contributed by atoms with van der Waals surface area (Å²) in [5, 5.41) is 4.14. The van der Waals surface area contributed by atoms with Crippen LogP contribution in [0.25, 0.3) is 0 Å². The van der Waals surface area contributed by atoms with Gasteiger partial charge >= 0.3 is 6.18 Å². The lowest BCUT2D eigenvalue weighted by Gasteiger charge is -2.15. The molecule has 0 unspecified atom stereocenters. The lowest BCUT2D eigenvalue weighted by atomic mass is 10.1. The van der Waals surface area contributed by atoms with Gasteiger partial charge in [-0.2, -0.15) is 18.3 Å². The molecule has 0 amide bonds. The molecular weight excluding hydrogens is 407 g/mol. The van der Waals surface area contributed by atoms with Crippen LogP contribution in [0.5, 0.6) is 0 Å². The number of sulfonamides is 1. The van der Waals surface area contributed by atoms with E-state index in [2.05, 4.69) is 9.82 Å². The molecule has 2 heterocycles. The molecule has 0 aliphatic carbocycles. The normalized spacial score (nSPS) is 15.0. The van der Waals surface area contributed by atoms with E-state index in [0.29, 0.717) is 29.3 Å². The van der Waals surface area contributed by atoms with Gasteiger partial charge < -0.3 is 4.74 Å². The van der Waals surface area contributed by atoms with Crippen molar-refractivity contribution in [3.63, 3.8) is 0 Å². The highest BCUT2D eigenvalue weighted by atomic mass is 35.5. The van der Waals surface area contributed by atoms with Gasteiger partial charge in [-0.15, -0.1) is 0 Å². The Kier molecular flexibility index (Phi) is 5.80. The maximum Gasteiger partial charge on any atom is 0.435 e. The summed E-state index contributed by atoms with van der Waals surface area (Å²) in [6, 6.07) is 6.37. The van der Waals surface area contributed by atoms with E-state index < -0.39 is 21.9 Å². The number of nitrogens with one attached hydrogen (secondary N) is 1. The molecule has 2 aromatic rings. The molecule has 27 heavy (non-hydrogen) atoms.